The molecule has 23 heavy (non-hydrogen) atoms. The molecule has 0 fully saturated rings. The highest BCUT2D eigenvalue weighted by Crippen LogP contribution is 2.16. The minimum absolute atomic E-state index is 0.194. The summed E-state index contributed by atoms with van der Waals surface area (Å²) in [6.45, 7) is 0. The van der Waals surface area contributed by atoms with Gasteiger partial charge in [-0.25, -0.2) is 4.98 Å². The highest BCUT2D eigenvalue weighted by atomic mass is 32.2. The number of aromatic nitrogens is 2. The van der Waals surface area contributed by atoms with Gasteiger partial charge in [0.05, 0.1) is 23.4 Å². The number of amides is 1. The standard InChI is InChI=1S/C17H17N3O2S/c1-23(22)10-16(12-5-3-2-4-6-12)20-17(21)13-7-8-14-15(9-13)19-11-18-14/h2-9,11,16H,10H2,1H3,(H,18,19)(H,20,21). The van der Waals surface area contributed by atoms with E-state index < -0.39 is 10.8 Å². The zero-order valence-corrected chi connectivity index (χ0v) is 13.5. The quantitative estimate of drug-likeness (QED) is 0.756. The number of hydrogen-bond acceptors (Lipinski definition) is 3. The van der Waals surface area contributed by atoms with Gasteiger partial charge in [-0.2, -0.15) is 0 Å². The molecule has 0 spiro atoms. The first-order valence-corrected chi connectivity index (χ1v) is 8.95. The van der Waals surface area contributed by atoms with Gasteiger partial charge in [0.25, 0.3) is 5.91 Å². The normalized spacial score (nSPS) is 13.6. The molecule has 3 rings (SSSR count). The van der Waals surface area contributed by atoms with Crippen LogP contribution in [-0.2, 0) is 10.8 Å². The molecule has 0 saturated heterocycles. The number of carbonyl (C=O) groups is 1. The molecule has 2 aromatic carbocycles. The van der Waals surface area contributed by atoms with E-state index in [1.54, 1.807) is 30.8 Å². The third kappa shape index (κ3) is 3.65. The lowest BCUT2D eigenvalue weighted by Crippen LogP contribution is -2.31. The molecular formula is C17H17N3O2S. The van der Waals surface area contributed by atoms with Crippen molar-refractivity contribution in [3.8, 4) is 0 Å². The summed E-state index contributed by atoms with van der Waals surface area (Å²) in [7, 11) is -1.02. The Balaban J connectivity index is 1.83. The van der Waals surface area contributed by atoms with Crippen LogP contribution in [0.3, 0.4) is 0 Å². The number of imidazole rings is 1. The summed E-state index contributed by atoms with van der Waals surface area (Å²) in [5.41, 5.74) is 3.12. The van der Waals surface area contributed by atoms with Gasteiger partial charge in [0.2, 0.25) is 0 Å². The molecule has 0 bridgehead atoms. The number of carbonyl (C=O) groups excluding carboxylic acids is 1. The molecule has 0 radical (unpaired) electrons. The molecule has 0 saturated carbocycles. The fourth-order valence-electron chi connectivity index (χ4n) is 2.46. The average molecular weight is 327 g/mol. The predicted molar refractivity (Wildman–Crippen MR) is 91.7 cm³/mol. The number of H-pyrrole nitrogens is 1. The van der Waals surface area contributed by atoms with Crippen molar-refractivity contribution in [3.05, 3.63) is 66.0 Å². The summed E-state index contributed by atoms with van der Waals surface area (Å²) in [4.78, 5) is 19.7. The largest absolute Gasteiger partial charge is 0.345 e. The number of rotatable bonds is 5. The third-order valence-corrected chi connectivity index (χ3v) is 4.39. The van der Waals surface area contributed by atoms with Gasteiger partial charge < -0.3 is 10.3 Å². The SMILES string of the molecule is CS(=O)CC(NC(=O)c1ccc2nc[nH]c2c1)c1ccccc1. The number of hydrogen-bond donors (Lipinski definition) is 2. The Bertz CT molecular complexity index is 845. The topological polar surface area (TPSA) is 74.8 Å². The van der Waals surface area contributed by atoms with Gasteiger partial charge in [0.15, 0.2) is 0 Å². The summed E-state index contributed by atoms with van der Waals surface area (Å²) in [5.74, 6) is 0.183. The first-order chi connectivity index (χ1) is 11.1. The first kappa shape index (κ1) is 15.4. The molecular weight excluding hydrogens is 310 g/mol. The van der Waals surface area contributed by atoms with Crippen LogP contribution in [0.5, 0.6) is 0 Å². The van der Waals surface area contributed by atoms with Crippen molar-refractivity contribution in [2.24, 2.45) is 0 Å². The summed E-state index contributed by atoms with van der Waals surface area (Å²) in [5, 5.41) is 2.97. The fourth-order valence-corrected chi connectivity index (χ4v) is 3.20. The van der Waals surface area contributed by atoms with E-state index in [0.29, 0.717) is 11.3 Å². The minimum atomic E-state index is -1.02. The van der Waals surface area contributed by atoms with Crippen LogP contribution in [0.4, 0.5) is 0 Å². The molecule has 2 unspecified atom stereocenters. The van der Waals surface area contributed by atoms with E-state index in [4.69, 9.17) is 0 Å². The van der Waals surface area contributed by atoms with Crippen LogP contribution < -0.4 is 5.32 Å². The van der Waals surface area contributed by atoms with Crippen LogP contribution in [-0.4, -0.2) is 32.1 Å². The number of nitrogens with one attached hydrogen (secondary N) is 2. The minimum Gasteiger partial charge on any atom is -0.345 e. The van der Waals surface area contributed by atoms with Crippen molar-refractivity contribution >= 4 is 27.7 Å². The Kier molecular flexibility index (Phi) is 4.52. The Labute approximate surface area is 136 Å². The molecule has 5 nitrogen and oxygen atoms in total. The van der Waals surface area contributed by atoms with Gasteiger partial charge in [-0.15, -0.1) is 0 Å². The zero-order valence-electron chi connectivity index (χ0n) is 12.7. The predicted octanol–water partition coefficient (Wildman–Crippen LogP) is 2.41. The van der Waals surface area contributed by atoms with Crippen molar-refractivity contribution in [2.75, 3.05) is 12.0 Å². The molecule has 0 aliphatic rings. The summed E-state index contributed by atoms with van der Waals surface area (Å²) < 4.78 is 11.6. The molecule has 3 aromatic rings. The maximum Gasteiger partial charge on any atom is 0.251 e. The Hall–Kier alpha value is -2.47. The van der Waals surface area contributed by atoms with E-state index in [2.05, 4.69) is 15.3 Å². The summed E-state index contributed by atoms with van der Waals surface area (Å²) in [6, 6.07) is 14.6. The summed E-state index contributed by atoms with van der Waals surface area (Å²) >= 11 is 0. The van der Waals surface area contributed by atoms with E-state index in [1.807, 2.05) is 30.3 Å². The molecule has 2 atom stereocenters. The lowest BCUT2D eigenvalue weighted by atomic mass is 10.1. The second kappa shape index (κ2) is 6.75. The van der Waals surface area contributed by atoms with Gasteiger partial charge in [-0.3, -0.25) is 9.00 Å². The van der Waals surface area contributed by atoms with Gasteiger partial charge in [0.1, 0.15) is 0 Å². The van der Waals surface area contributed by atoms with Gasteiger partial charge >= 0.3 is 0 Å². The monoisotopic (exact) mass is 327 g/mol. The molecule has 1 heterocycles. The summed E-state index contributed by atoms with van der Waals surface area (Å²) in [6.07, 6.45) is 3.23. The molecule has 1 aromatic heterocycles. The molecule has 1 amide bonds. The van der Waals surface area contributed by atoms with Crippen molar-refractivity contribution in [1.29, 1.82) is 0 Å². The second-order valence-corrected chi connectivity index (χ2v) is 6.79. The van der Waals surface area contributed by atoms with Crippen LogP contribution in [0.15, 0.2) is 54.9 Å². The third-order valence-electron chi connectivity index (χ3n) is 3.59. The molecule has 118 valence electrons. The number of aromatic amines is 1. The number of benzene rings is 2. The first-order valence-electron chi connectivity index (χ1n) is 7.22. The van der Waals surface area contributed by atoms with E-state index in [-0.39, 0.29) is 11.9 Å². The van der Waals surface area contributed by atoms with Crippen LogP contribution in [0.1, 0.15) is 22.0 Å². The second-order valence-electron chi connectivity index (χ2n) is 5.31. The van der Waals surface area contributed by atoms with Gasteiger partial charge in [0, 0.05) is 28.4 Å². The van der Waals surface area contributed by atoms with Crippen LogP contribution in [0.25, 0.3) is 11.0 Å². The van der Waals surface area contributed by atoms with E-state index in [1.165, 1.54) is 0 Å². The van der Waals surface area contributed by atoms with Gasteiger partial charge in [-0.05, 0) is 23.8 Å². The number of nitrogens with zero attached hydrogens (tertiary/aromatic N) is 1. The maximum atomic E-state index is 12.5. The van der Waals surface area contributed by atoms with Crippen LogP contribution in [0.2, 0.25) is 0 Å². The molecule has 2 N–H and O–H groups in total. The smallest absolute Gasteiger partial charge is 0.251 e. The average Bonchev–Trinajstić information content (AvgIpc) is 3.02. The highest BCUT2D eigenvalue weighted by molar-refractivity contribution is 7.84. The zero-order chi connectivity index (χ0) is 16.2. The van der Waals surface area contributed by atoms with Gasteiger partial charge in [-0.1, -0.05) is 30.3 Å². The van der Waals surface area contributed by atoms with E-state index >= 15 is 0 Å². The van der Waals surface area contributed by atoms with Crippen molar-refractivity contribution < 1.29 is 9.00 Å². The highest BCUT2D eigenvalue weighted by Gasteiger charge is 2.17. The van der Waals surface area contributed by atoms with Crippen LogP contribution in [0, 0.1) is 0 Å². The number of fused-ring (bicyclic) bond motifs is 1. The fraction of sp³-hybridized carbons (Fsp3) is 0.176. The van der Waals surface area contributed by atoms with Crippen molar-refractivity contribution in [1.82, 2.24) is 15.3 Å². The van der Waals surface area contributed by atoms with E-state index in [0.717, 1.165) is 16.6 Å². The van der Waals surface area contributed by atoms with Crippen molar-refractivity contribution in [3.63, 3.8) is 0 Å². The lowest BCUT2D eigenvalue weighted by Gasteiger charge is -2.18. The Morgan fingerprint density at radius 1 is 1.26 bits per heavy atom. The maximum absolute atomic E-state index is 12.5. The molecule has 0 aliphatic heterocycles. The lowest BCUT2D eigenvalue weighted by molar-refractivity contribution is 0.0940. The Morgan fingerprint density at radius 3 is 2.78 bits per heavy atom. The van der Waals surface area contributed by atoms with Crippen LogP contribution >= 0.6 is 0 Å². The van der Waals surface area contributed by atoms with Crippen molar-refractivity contribution in [2.45, 2.75) is 6.04 Å². The Morgan fingerprint density at radius 2 is 2.04 bits per heavy atom. The molecule has 0 aliphatic carbocycles. The molecule has 6 heteroatoms. The van der Waals surface area contributed by atoms with E-state index in [9.17, 15) is 9.00 Å².